The van der Waals surface area contributed by atoms with Gasteiger partial charge in [0.15, 0.2) is 0 Å². The molecule has 2 aliphatic heterocycles. The van der Waals surface area contributed by atoms with Crippen molar-refractivity contribution in [3.05, 3.63) is 22.4 Å². The molecule has 2 aliphatic rings. The number of nitrogens with one attached hydrogen (secondary N) is 1. The zero-order chi connectivity index (χ0) is 13.6. The second-order valence-corrected chi connectivity index (χ2v) is 7.10. The highest BCUT2D eigenvalue weighted by Gasteiger charge is 2.28. The van der Waals surface area contributed by atoms with Crippen molar-refractivity contribution in [1.29, 1.82) is 0 Å². The van der Waals surface area contributed by atoms with Crippen LogP contribution in [0.5, 0.6) is 0 Å². The number of nitrogens with zero attached hydrogens (tertiary/aromatic N) is 2. The Kier molecular flexibility index (Phi) is 5.48. The fraction of sp³-hybridized carbons (Fsp3) is 0.750. The standard InChI is InChI=1S/C16H27N3S/c1-2-10-19(9-1)15-6-11-18(14-15)12-8-17-7-5-16-4-3-13-20-16/h3-4,13,15,17H,1-2,5-12,14H2. The maximum Gasteiger partial charge on any atom is 0.0235 e. The lowest BCUT2D eigenvalue weighted by Gasteiger charge is -2.23. The second kappa shape index (κ2) is 7.55. The maximum absolute atomic E-state index is 3.59. The van der Waals surface area contributed by atoms with Gasteiger partial charge in [-0.3, -0.25) is 4.90 Å². The van der Waals surface area contributed by atoms with Crippen LogP contribution in [0.4, 0.5) is 0 Å². The molecular weight excluding hydrogens is 266 g/mol. The molecule has 2 fully saturated rings. The van der Waals surface area contributed by atoms with Crippen LogP contribution in [0, 0.1) is 0 Å². The first-order chi connectivity index (χ1) is 9.92. The van der Waals surface area contributed by atoms with Crippen molar-refractivity contribution < 1.29 is 0 Å². The Morgan fingerprint density at radius 1 is 1.20 bits per heavy atom. The van der Waals surface area contributed by atoms with Crippen molar-refractivity contribution >= 4 is 11.3 Å². The Bertz CT molecular complexity index is 373. The smallest absolute Gasteiger partial charge is 0.0235 e. The van der Waals surface area contributed by atoms with Crippen LogP contribution in [0.25, 0.3) is 0 Å². The van der Waals surface area contributed by atoms with Gasteiger partial charge in [-0.1, -0.05) is 6.07 Å². The van der Waals surface area contributed by atoms with Gasteiger partial charge in [-0.15, -0.1) is 11.3 Å². The summed E-state index contributed by atoms with van der Waals surface area (Å²) in [5.74, 6) is 0. The zero-order valence-electron chi connectivity index (χ0n) is 12.4. The molecule has 112 valence electrons. The van der Waals surface area contributed by atoms with Crippen molar-refractivity contribution in [2.45, 2.75) is 31.7 Å². The summed E-state index contributed by atoms with van der Waals surface area (Å²) in [6.07, 6.45) is 5.39. The van der Waals surface area contributed by atoms with E-state index in [9.17, 15) is 0 Å². The largest absolute Gasteiger partial charge is 0.315 e. The molecule has 1 atom stereocenters. The summed E-state index contributed by atoms with van der Waals surface area (Å²) in [4.78, 5) is 6.85. The van der Waals surface area contributed by atoms with E-state index in [1.54, 1.807) is 0 Å². The van der Waals surface area contributed by atoms with Crippen LogP contribution in [-0.2, 0) is 6.42 Å². The van der Waals surface area contributed by atoms with Gasteiger partial charge in [0, 0.05) is 37.1 Å². The summed E-state index contributed by atoms with van der Waals surface area (Å²) in [6, 6.07) is 5.22. The molecule has 2 saturated heterocycles. The first kappa shape index (κ1) is 14.5. The molecule has 3 heterocycles. The van der Waals surface area contributed by atoms with Gasteiger partial charge in [0.25, 0.3) is 0 Å². The van der Waals surface area contributed by atoms with Gasteiger partial charge in [0.1, 0.15) is 0 Å². The number of thiophene rings is 1. The Morgan fingerprint density at radius 2 is 2.10 bits per heavy atom. The van der Waals surface area contributed by atoms with E-state index < -0.39 is 0 Å². The van der Waals surface area contributed by atoms with Crippen LogP contribution in [0.1, 0.15) is 24.1 Å². The average Bonchev–Trinajstić information content (AvgIpc) is 3.21. The first-order valence-corrected chi connectivity index (χ1v) is 8.99. The molecule has 0 spiro atoms. The fourth-order valence-electron chi connectivity index (χ4n) is 3.45. The Labute approximate surface area is 127 Å². The Hall–Kier alpha value is -0.420. The van der Waals surface area contributed by atoms with Crippen molar-refractivity contribution in [3.63, 3.8) is 0 Å². The normalized spacial score (nSPS) is 24.7. The van der Waals surface area contributed by atoms with Gasteiger partial charge in [-0.25, -0.2) is 0 Å². The number of rotatable bonds is 7. The van der Waals surface area contributed by atoms with Gasteiger partial charge >= 0.3 is 0 Å². The lowest BCUT2D eigenvalue weighted by molar-refractivity contribution is 0.232. The van der Waals surface area contributed by atoms with Crippen LogP contribution in [0.2, 0.25) is 0 Å². The summed E-state index contributed by atoms with van der Waals surface area (Å²) >= 11 is 1.86. The van der Waals surface area contributed by atoms with E-state index >= 15 is 0 Å². The van der Waals surface area contributed by atoms with Gasteiger partial charge in [-0.05, 0) is 56.8 Å². The third-order valence-corrected chi connectivity index (χ3v) is 5.57. The van der Waals surface area contributed by atoms with Gasteiger partial charge in [0.05, 0.1) is 0 Å². The van der Waals surface area contributed by atoms with Crippen molar-refractivity contribution in [1.82, 2.24) is 15.1 Å². The highest BCUT2D eigenvalue weighted by atomic mass is 32.1. The SMILES string of the molecule is c1csc(CCNCCN2CCC(N3CCCC3)C2)c1. The summed E-state index contributed by atoms with van der Waals surface area (Å²) < 4.78 is 0. The zero-order valence-corrected chi connectivity index (χ0v) is 13.2. The molecule has 0 aromatic carbocycles. The molecule has 0 radical (unpaired) electrons. The predicted octanol–water partition coefficient (Wildman–Crippen LogP) is 2.05. The molecule has 0 saturated carbocycles. The fourth-order valence-corrected chi connectivity index (χ4v) is 4.16. The van der Waals surface area contributed by atoms with Gasteiger partial charge in [0.2, 0.25) is 0 Å². The summed E-state index contributed by atoms with van der Waals surface area (Å²) in [6.45, 7) is 8.76. The van der Waals surface area contributed by atoms with E-state index in [0.29, 0.717) is 0 Å². The van der Waals surface area contributed by atoms with Gasteiger partial charge < -0.3 is 10.2 Å². The van der Waals surface area contributed by atoms with E-state index in [2.05, 4.69) is 32.6 Å². The molecule has 0 bridgehead atoms. The number of hydrogen-bond donors (Lipinski definition) is 1. The lowest BCUT2D eigenvalue weighted by Crippen LogP contribution is -2.37. The minimum atomic E-state index is 0.851. The topological polar surface area (TPSA) is 18.5 Å². The molecule has 3 nitrogen and oxygen atoms in total. The molecule has 1 aromatic rings. The van der Waals surface area contributed by atoms with Crippen molar-refractivity contribution in [2.75, 3.05) is 45.8 Å². The van der Waals surface area contributed by atoms with E-state index in [1.807, 2.05) is 11.3 Å². The van der Waals surface area contributed by atoms with Crippen molar-refractivity contribution in [2.24, 2.45) is 0 Å². The highest BCUT2D eigenvalue weighted by molar-refractivity contribution is 7.09. The summed E-state index contributed by atoms with van der Waals surface area (Å²) in [7, 11) is 0. The molecular formula is C16H27N3S. The third kappa shape index (κ3) is 4.04. The minimum Gasteiger partial charge on any atom is -0.315 e. The quantitative estimate of drug-likeness (QED) is 0.776. The van der Waals surface area contributed by atoms with Gasteiger partial charge in [-0.2, -0.15) is 0 Å². The minimum absolute atomic E-state index is 0.851. The molecule has 3 rings (SSSR count). The van der Waals surface area contributed by atoms with E-state index in [4.69, 9.17) is 0 Å². The molecule has 0 aliphatic carbocycles. The number of likely N-dealkylation sites (tertiary alicyclic amines) is 2. The molecule has 1 aromatic heterocycles. The lowest BCUT2D eigenvalue weighted by atomic mass is 10.2. The Balaban J connectivity index is 1.26. The monoisotopic (exact) mass is 293 g/mol. The molecule has 1 unspecified atom stereocenters. The molecule has 0 amide bonds. The third-order valence-electron chi connectivity index (χ3n) is 4.64. The van der Waals surface area contributed by atoms with E-state index in [1.165, 1.54) is 63.3 Å². The van der Waals surface area contributed by atoms with Crippen molar-refractivity contribution in [3.8, 4) is 0 Å². The maximum atomic E-state index is 3.59. The molecule has 4 heteroatoms. The molecule has 1 N–H and O–H groups in total. The van der Waals surface area contributed by atoms with E-state index in [0.717, 1.165) is 19.1 Å². The molecule has 20 heavy (non-hydrogen) atoms. The average molecular weight is 293 g/mol. The number of hydrogen-bond acceptors (Lipinski definition) is 4. The second-order valence-electron chi connectivity index (χ2n) is 6.07. The van der Waals surface area contributed by atoms with Crippen LogP contribution in [0.3, 0.4) is 0 Å². The summed E-state index contributed by atoms with van der Waals surface area (Å²) in [5.41, 5.74) is 0. The summed E-state index contributed by atoms with van der Waals surface area (Å²) in [5, 5.41) is 5.75. The van der Waals surface area contributed by atoms with Crippen LogP contribution in [-0.4, -0.2) is 61.7 Å². The van der Waals surface area contributed by atoms with Crippen LogP contribution in [0.15, 0.2) is 17.5 Å². The first-order valence-electron chi connectivity index (χ1n) is 8.11. The predicted molar refractivity (Wildman–Crippen MR) is 86.5 cm³/mol. The van der Waals surface area contributed by atoms with Crippen LogP contribution < -0.4 is 5.32 Å². The Morgan fingerprint density at radius 3 is 2.90 bits per heavy atom. The van der Waals surface area contributed by atoms with Crippen LogP contribution >= 0.6 is 11.3 Å². The highest BCUT2D eigenvalue weighted by Crippen LogP contribution is 2.19. The van der Waals surface area contributed by atoms with E-state index in [-0.39, 0.29) is 0 Å².